The van der Waals surface area contributed by atoms with Crippen LogP contribution < -0.4 is 15.5 Å². The number of hydrogen-bond donors (Lipinski definition) is 2. The highest BCUT2D eigenvalue weighted by molar-refractivity contribution is 6.01. The van der Waals surface area contributed by atoms with Gasteiger partial charge in [-0.3, -0.25) is 4.79 Å². The second kappa shape index (κ2) is 7.17. The van der Waals surface area contributed by atoms with Gasteiger partial charge in [0.05, 0.1) is 0 Å². The number of hydrogen-bond acceptors (Lipinski definition) is 2. The topological polar surface area (TPSA) is 61.4 Å². The van der Waals surface area contributed by atoms with Crippen molar-refractivity contribution < 1.29 is 9.59 Å². The van der Waals surface area contributed by atoms with Gasteiger partial charge in [0, 0.05) is 30.0 Å². The van der Waals surface area contributed by atoms with Crippen molar-refractivity contribution in [3.05, 3.63) is 54.1 Å². The van der Waals surface area contributed by atoms with Crippen LogP contribution in [-0.2, 0) is 11.2 Å². The van der Waals surface area contributed by atoms with E-state index in [1.54, 1.807) is 0 Å². The van der Waals surface area contributed by atoms with E-state index >= 15 is 0 Å². The van der Waals surface area contributed by atoms with E-state index in [4.69, 9.17) is 0 Å². The van der Waals surface area contributed by atoms with Gasteiger partial charge in [0.1, 0.15) is 0 Å². The molecule has 3 rings (SSSR count). The molecule has 2 aromatic carbocycles. The molecule has 5 nitrogen and oxygen atoms in total. The summed E-state index contributed by atoms with van der Waals surface area (Å²) in [7, 11) is 0. The summed E-state index contributed by atoms with van der Waals surface area (Å²) in [5.74, 6) is 0.173. The Balaban J connectivity index is 1.72. The fourth-order valence-electron chi connectivity index (χ4n) is 2.92. The molecule has 0 saturated heterocycles. The zero-order chi connectivity index (χ0) is 16.9. The summed E-state index contributed by atoms with van der Waals surface area (Å²) in [4.78, 5) is 26.0. The number of nitrogens with one attached hydrogen (secondary N) is 2. The normalized spacial score (nSPS) is 13.4. The van der Waals surface area contributed by atoms with Crippen LogP contribution in [0.15, 0.2) is 48.5 Å². The molecular weight excluding hydrogens is 302 g/mol. The first kappa shape index (κ1) is 16.1. The number of amides is 3. The highest BCUT2D eigenvalue weighted by Gasteiger charge is 2.23. The van der Waals surface area contributed by atoms with Crippen LogP contribution in [0.5, 0.6) is 0 Å². The third kappa shape index (κ3) is 3.56. The van der Waals surface area contributed by atoms with Crippen molar-refractivity contribution in [2.75, 3.05) is 22.1 Å². The van der Waals surface area contributed by atoms with Crippen molar-refractivity contribution in [3.8, 4) is 0 Å². The van der Waals surface area contributed by atoms with E-state index in [1.807, 2.05) is 53.4 Å². The molecule has 24 heavy (non-hydrogen) atoms. The Kier molecular flexibility index (Phi) is 4.79. The number of anilines is 3. The van der Waals surface area contributed by atoms with Crippen LogP contribution in [0.25, 0.3) is 0 Å². The van der Waals surface area contributed by atoms with Crippen LogP contribution >= 0.6 is 0 Å². The summed E-state index contributed by atoms with van der Waals surface area (Å²) in [5, 5.41) is 5.64. The zero-order valence-corrected chi connectivity index (χ0v) is 13.7. The van der Waals surface area contributed by atoms with E-state index in [-0.39, 0.29) is 11.9 Å². The number of carbonyl (C=O) groups excluding carboxylic acids is 2. The quantitative estimate of drug-likeness (QED) is 0.892. The average molecular weight is 323 g/mol. The van der Waals surface area contributed by atoms with Crippen LogP contribution in [0.4, 0.5) is 21.9 Å². The minimum atomic E-state index is -0.279. The lowest BCUT2D eigenvalue weighted by molar-refractivity contribution is -0.118. The molecule has 2 N–H and O–H groups in total. The number of rotatable bonds is 4. The summed E-state index contributed by atoms with van der Waals surface area (Å²) in [6.07, 6.45) is 2.15. The van der Waals surface area contributed by atoms with Gasteiger partial charge in [-0.1, -0.05) is 25.1 Å². The first-order valence-corrected chi connectivity index (χ1v) is 8.23. The van der Waals surface area contributed by atoms with Crippen LogP contribution in [0.3, 0.4) is 0 Å². The van der Waals surface area contributed by atoms with Crippen LogP contribution in [0.1, 0.15) is 25.3 Å². The Hall–Kier alpha value is -2.82. The lowest BCUT2D eigenvalue weighted by Gasteiger charge is -2.29. The van der Waals surface area contributed by atoms with E-state index in [9.17, 15) is 9.59 Å². The molecule has 0 atom stereocenters. The van der Waals surface area contributed by atoms with E-state index in [0.29, 0.717) is 12.8 Å². The first-order valence-electron chi connectivity index (χ1n) is 8.23. The number of aryl methyl sites for hydroxylation is 1. The lowest BCUT2D eigenvalue weighted by atomic mass is 10.00. The van der Waals surface area contributed by atoms with Gasteiger partial charge in [0.2, 0.25) is 5.91 Å². The molecule has 0 radical (unpaired) electrons. The Morgan fingerprint density at radius 2 is 1.79 bits per heavy atom. The number of urea groups is 1. The van der Waals surface area contributed by atoms with Gasteiger partial charge in [-0.25, -0.2) is 4.79 Å². The Morgan fingerprint density at radius 3 is 2.54 bits per heavy atom. The maximum absolute atomic E-state index is 12.1. The maximum Gasteiger partial charge on any atom is 0.323 e. The molecule has 0 aromatic heterocycles. The van der Waals surface area contributed by atoms with Gasteiger partial charge >= 0.3 is 6.03 Å². The molecule has 3 amide bonds. The van der Waals surface area contributed by atoms with Gasteiger partial charge in [-0.15, -0.1) is 0 Å². The summed E-state index contributed by atoms with van der Waals surface area (Å²) in [5.41, 5.74) is 3.53. The molecule has 5 heteroatoms. The van der Waals surface area contributed by atoms with Crippen molar-refractivity contribution in [2.45, 2.75) is 26.2 Å². The second-order valence-electron chi connectivity index (χ2n) is 5.83. The molecular formula is C19H21N3O2. The number of para-hydroxylation sites is 1. The van der Waals surface area contributed by atoms with E-state index in [0.717, 1.165) is 35.6 Å². The van der Waals surface area contributed by atoms with E-state index in [2.05, 4.69) is 17.6 Å². The fraction of sp³-hybridized carbons (Fsp3) is 0.263. The van der Waals surface area contributed by atoms with Crippen LogP contribution in [0, 0.1) is 0 Å². The zero-order valence-electron chi connectivity index (χ0n) is 13.7. The Labute approximate surface area is 141 Å². The summed E-state index contributed by atoms with van der Waals surface area (Å²) >= 11 is 0. The summed E-state index contributed by atoms with van der Waals surface area (Å²) in [6, 6.07) is 14.7. The Bertz CT molecular complexity index is 744. The number of benzene rings is 2. The van der Waals surface area contributed by atoms with Crippen LogP contribution in [0.2, 0.25) is 0 Å². The molecule has 0 aliphatic carbocycles. The summed E-state index contributed by atoms with van der Waals surface area (Å²) in [6.45, 7) is 2.79. The van der Waals surface area contributed by atoms with Gasteiger partial charge in [-0.05, 0) is 48.7 Å². The minimum Gasteiger partial charge on any atom is -0.312 e. The van der Waals surface area contributed by atoms with Gasteiger partial charge < -0.3 is 15.5 Å². The number of carbonyl (C=O) groups is 2. The van der Waals surface area contributed by atoms with Crippen molar-refractivity contribution in [1.29, 1.82) is 0 Å². The van der Waals surface area contributed by atoms with Crippen molar-refractivity contribution in [3.63, 3.8) is 0 Å². The highest BCUT2D eigenvalue weighted by atomic mass is 16.2. The van der Waals surface area contributed by atoms with Gasteiger partial charge in [0.15, 0.2) is 0 Å². The third-order valence-electron chi connectivity index (χ3n) is 4.02. The number of fused-ring (bicyclic) bond motifs is 1. The van der Waals surface area contributed by atoms with E-state index < -0.39 is 0 Å². The van der Waals surface area contributed by atoms with Crippen molar-refractivity contribution >= 4 is 29.0 Å². The highest BCUT2D eigenvalue weighted by Crippen LogP contribution is 2.30. The number of nitrogens with zero attached hydrogens (tertiary/aromatic N) is 1. The Morgan fingerprint density at radius 1 is 1.04 bits per heavy atom. The molecule has 2 aromatic rings. The first-order chi connectivity index (χ1) is 11.7. The largest absolute Gasteiger partial charge is 0.323 e. The molecule has 0 fully saturated rings. The smallest absolute Gasteiger partial charge is 0.312 e. The molecule has 0 bridgehead atoms. The third-order valence-corrected chi connectivity index (χ3v) is 4.02. The predicted molar refractivity (Wildman–Crippen MR) is 96.5 cm³/mol. The molecule has 124 valence electrons. The molecule has 0 spiro atoms. The maximum atomic E-state index is 12.1. The SMILES string of the molecule is CCCN1C(=O)CCc2cc(NC(=O)Nc3ccccc3)ccc21. The molecule has 0 unspecified atom stereocenters. The molecule has 1 heterocycles. The standard InChI is InChI=1S/C19H21N3O2/c1-2-12-22-17-10-9-16(13-14(17)8-11-18(22)23)21-19(24)20-15-6-4-3-5-7-15/h3-7,9-10,13H,2,8,11-12H2,1H3,(H2,20,21,24). The lowest BCUT2D eigenvalue weighted by Crippen LogP contribution is -2.35. The fourth-order valence-corrected chi connectivity index (χ4v) is 2.92. The van der Waals surface area contributed by atoms with Crippen LogP contribution in [-0.4, -0.2) is 18.5 Å². The molecule has 0 saturated carbocycles. The van der Waals surface area contributed by atoms with E-state index in [1.165, 1.54) is 0 Å². The second-order valence-corrected chi connectivity index (χ2v) is 5.83. The predicted octanol–water partition coefficient (Wildman–Crippen LogP) is 4.02. The average Bonchev–Trinajstić information content (AvgIpc) is 2.58. The summed E-state index contributed by atoms with van der Waals surface area (Å²) < 4.78 is 0. The van der Waals surface area contributed by atoms with Crippen molar-refractivity contribution in [2.24, 2.45) is 0 Å². The van der Waals surface area contributed by atoms with Gasteiger partial charge in [-0.2, -0.15) is 0 Å². The molecule has 1 aliphatic heterocycles. The molecule has 1 aliphatic rings. The monoisotopic (exact) mass is 323 g/mol. The van der Waals surface area contributed by atoms with Crippen molar-refractivity contribution in [1.82, 2.24) is 0 Å². The van der Waals surface area contributed by atoms with Gasteiger partial charge in [0.25, 0.3) is 0 Å². The minimum absolute atomic E-state index is 0.173.